The lowest BCUT2D eigenvalue weighted by atomic mass is 9.91. The molecule has 0 unspecified atom stereocenters. The number of carbonyl (C=O) groups is 1. The molecule has 0 aliphatic rings. The maximum Gasteiger partial charge on any atom is 0.252 e. The summed E-state index contributed by atoms with van der Waals surface area (Å²) in [7, 11) is 1.61. The van der Waals surface area contributed by atoms with Gasteiger partial charge in [-0.15, -0.1) is 0 Å². The van der Waals surface area contributed by atoms with E-state index in [4.69, 9.17) is 0 Å². The topological polar surface area (TPSA) is 42.0 Å². The molecule has 0 saturated carbocycles. The van der Waals surface area contributed by atoms with E-state index in [1.807, 2.05) is 6.07 Å². The lowest BCUT2D eigenvalue weighted by Crippen LogP contribution is -2.19. The Kier molecular flexibility index (Phi) is 2.89. The van der Waals surface area contributed by atoms with Crippen molar-refractivity contribution in [2.24, 2.45) is 0 Å². The van der Waals surface area contributed by atoms with Crippen LogP contribution in [0.15, 0.2) is 18.3 Å². The zero-order chi connectivity index (χ0) is 10.8. The zero-order valence-corrected chi connectivity index (χ0v) is 9.09. The van der Waals surface area contributed by atoms with Gasteiger partial charge in [0.2, 0.25) is 0 Å². The highest BCUT2D eigenvalue weighted by molar-refractivity contribution is 5.93. The molecule has 0 fully saturated rings. The Hall–Kier alpha value is -1.38. The Morgan fingerprint density at radius 3 is 2.36 bits per heavy atom. The van der Waals surface area contributed by atoms with E-state index in [0.717, 1.165) is 5.69 Å². The molecule has 3 nitrogen and oxygen atoms in total. The summed E-state index contributed by atoms with van der Waals surface area (Å²) in [5, 5.41) is 2.56. The van der Waals surface area contributed by atoms with E-state index in [9.17, 15) is 4.79 Å². The Morgan fingerprint density at radius 2 is 2.00 bits per heavy atom. The molecule has 1 amide bonds. The summed E-state index contributed by atoms with van der Waals surface area (Å²) < 4.78 is 0. The van der Waals surface area contributed by atoms with Crippen molar-refractivity contribution >= 4 is 5.91 Å². The van der Waals surface area contributed by atoms with Crippen LogP contribution in [0, 0.1) is 0 Å². The summed E-state index contributed by atoms with van der Waals surface area (Å²) in [4.78, 5) is 15.5. The van der Waals surface area contributed by atoms with E-state index in [1.54, 1.807) is 19.3 Å². The third-order valence-corrected chi connectivity index (χ3v) is 2.02. The monoisotopic (exact) mass is 192 g/mol. The first-order valence-corrected chi connectivity index (χ1v) is 4.64. The number of aromatic nitrogens is 1. The zero-order valence-electron chi connectivity index (χ0n) is 9.09. The van der Waals surface area contributed by atoms with E-state index < -0.39 is 0 Å². The summed E-state index contributed by atoms with van der Waals surface area (Å²) in [5.41, 5.74) is 1.62. The van der Waals surface area contributed by atoms with E-state index in [0.29, 0.717) is 5.56 Å². The van der Waals surface area contributed by atoms with E-state index >= 15 is 0 Å². The quantitative estimate of drug-likeness (QED) is 0.736. The fraction of sp³-hybridized carbons (Fsp3) is 0.455. The third kappa shape index (κ3) is 2.31. The Bertz CT molecular complexity index is 322. The molecule has 0 bridgehead atoms. The minimum Gasteiger partial charge on any atom is -0.355 e. The molecule has 0 radical (unpaired) electrons. The molecular formula is C11H16N2O. The standard InChI is InChI=1S/C11H16N2O/c1-11(2,3)9-6-5-8(7-13-9)10(14)12-4/h5-7H,1-4H3,(H,12,14). The SMILES string of the molecule is CNC(=O)c1ccc(C(C)(C)C)nc1. The van der Waals surface area contributed by atoms with Crippen LogP contribution < -0.4 is 5.32 Å². The second-order valence-electron chi connectivity index (χ2n) is 4.26. The Labute approximate surface area is 84.6 Å². The van der Waals surface area contributed by atoms with Gasteiger partial charge in [0, 0.05) is 24.4 Å². The van der Waals surface area contributed by atoms with Crippen molar-refractivity contribution in [3.63, 3.8) is 0 Å². The number of hydrogen-bond donors (Lipinski definition) is 1. The molecule has 3 heteroatoms. The number of pyridine rings is 1. The van der Waals surface area contributed by atoms with Gasteiger partial charge in [-0.25, -0.2) is 0 Å². The predicted octanol–water partition coefficient (Wildman–Crippen LogP) is 1.74. The first-order valence-electron chi connectivity index (χ1n) is 4.64. The van der Waals surface area contributed by atoms with Gasteiger partial charge < -0.3 is 5.32 Å². The van der Waals surface area contributed by atoms with Crippen molar-refractivity contribution in [1.29, 1.82) is 0 Å². The molecule has 0 spiro atoms. The summed E-state index contributed by atoms with van der Waals surface area (Å²) in [6.45, 7) is 6.28. The number of hydrogen-bond acceptors (Lipinski definition) is 2. The van der Waals surface area contributed by atoms with Crippen LogP contribution in [-0.4, -0.2) is 17.9 Å². The highest BCUT2D eigenvalue weighted by atomic mass is 16.1. The molecular weight excluding hydrogens is 176 g/mol. The first-order chi connectivity index (χ1) is 6.45. The summed E-state index contributed by atoms with van der Waals surface area (Å²) >= 11 is 0. The van der Waals surface area contributed by atoms with Crippen LogP contribution in [0.25, 0.3) is 0 Å². The molecule has 1 N–H and O–H groups in total. The first kappa shape index (κ1) is 10.7. The van der Waals surface area contributed by atoms with E-state index in [2.05, 4.69) is 31.1 Å². The van der Waals surface area contributed by atoms with Gasteiger partial charge in [-0.05, 0) is 12.1 Å². The molecule has 1 heterocycles. The average Bonchev–Trinajstić information content (AvgIpc) is 2.15. The van der Waals surface area contributed by atoms with E-state index in [-0.39, 0.29) is 11.3 Å². The molecule has 14 heavy (non-hydrogen) atoms. The van der Waals surface area contributed by atoms with Crippen molar-refractivity contribution in [3.8, 4) is 0 Å². The van der Waals surface area contributed by atoms with Crippen molar-refractivity contribution < 1.29 is 4.79 Å². The molecule has 76 valence electrons. The van der Waals surface area contributed by atoms with Crippen molar-refractivity contribution in [2.45, 2.75) is 26.2 Å². The summed E-state index contributed by atoms with van der Waals surface area (Å²) in [5.74, 6) is -0.0991. The molecule has 0 atom stereocenters. The van der Waals surface area contributed by atoms with Crippen LogP contribution in [0.1, 0.15) is 36.8 Å². The number of carbonyl (C=O) groups excluding carboxylic acids is 1. The third-order valence-electron chi connectivity index (χ3n) is 2.02. The van der Waals surface area contributed by atoms with Gasteiger partial charge in [-0.2, -0.15) is 0 Å². The van der Waals surface area contributed by atoms with Crippen molar-refractivity contribution in [3.05, 3.63) is 29.6 Å². The number of rotatable bonds is 1. The van der Waals surface area contributed by atoms with Gasteiger partial charge in [-0.1, -0.05) is 20.8 Å². The molecule has 0 aliphatic carbocycles. The van der Waals surface area contributed by atoms with Crippen LogP contribution in [-0.2, 0) is 5.41 Å². The lowest BCUT2D eigenvalue weighted by molar-refractivity contribution is 0.0962. The van der Waals surface area contributed by atoms with Crippen molar-refractivity contribution in [2.75, 3.05) is 7.05 Å². The van der Waals surface area contributed by atoms with Gasteiger partial charge in [0.15, 0.2) is 0 Å². The highest BCUT2D eigenvalue weighted by Crippen LogP contribution is 2.19. The summed E-state index contributed by atoms with van der Waals surface area (Å²) in [6, 6.07) is 3.69. The maximum atomic E-state index is 11.2. The maximum absolute atomic E-state index is 11.2. The average molecular weight is 192 g/mol. The minimum absolute atomic E-state index is 0.0290. The van der Waals surface area contributed by atoms with Gasteiger partial charge in [-0.3, -0.25) is 9.78 Å². The Balaban J connectivity index is 2.95. The number of nitrogens with one attached hydrogen (secondary N) is 1. The molecule has 0 aromatic carbocycles. The van der Waals surface area contributed by atoms with Crippen LogP contribution >= 0.6 is 0 Å². The fourth-order valence-electron chi connectivity index (χ4n) is 1.12. The molecule has 1 aromatic rings. The number of amides is 1. The van der Waals surface area contributed by atoms with Crippen LogP contribution in [0.4, 0.5) is 0 Å². The fourth-order valence-corrected chi connectivity index (χ4v) is 1.12. The van der Waals surface area contributed by atoms with Crippen LogP contribution in [0.2, 0.25) is 0 Å². The normalized spacial score (nSPS) is 11.1. The Morgan fingerprint density at radius 1 is 1.36 bits per heavy atom. The highest BCUT2D eigenvalue weighted by Gasteiger charge is 2.15. The molecule has 0 saturated heterocycles. The predicted molar refractivity (Wildman–Crippen MR) is 56.3 cm³/mol. The van der Waals surface area contributed by atoms with Gasteiger partial charge in [0.05, 0.1) is 5.56 Å². The summed E-state index contributed by atoms with van der Waals surface area (Å²) in [6.07, 6.45) is 1.61. The van der Waals surface area contributed by atoms with Gasteiger partial charge >= 0.3 is 0 Å². The van der Waals surface area contributed by atoms with E-state index in [1.165, 1.54) is 0 Å². The van der Waals surface area contributed by atoms with Gasteiger partial charge in [0.1, 0.15) is 0 Å². The largest absolute Gasteiger partial charge is 0.355 e. The minimum atomic E-state index is -0.0991. The molecule has 1 aromatic heterocycles. The smallest absolute Gasteiger partial charge is 0.252 e. The molecule has 1 rings (SSSR count). The van der Waals surface area contributed by atoms with Crippen molar-refractivity contribution in [1.82, 2.24) is 10.3 Å². The lowest BCUT2D eigenvalue weighted by Gasteiger charge is -2.17. The second kappa shape index (κ2) is 3.78. The number of nitrogens with zero attached hydrogens (tertiary/aromatic N) is 1. The van der Waals surface area contributed by atoms with Crippen LogP contribution in [0.5, 0.6) is 0 Å². The second-order valence-corrected chi connectivity index (χ2v) is 4.26. The molecule has 0 aliphatic heterocycles. The van der Waals surface area contributed by atoms with Crippen LogP contribution in [0.3, 0.4) is 0 Å². The van der Waals surface area contributed by atoms with Gasteiger partial charge in [0.25, 0.3) is 5.91 Å².